The van der Waals surface area contributed by atoms with Crippen molar-refractivity contribution in [1.82, 2.24) is 0 Å². The first-order chi connectivity index (χ1) is 25.3. The van der Waals surface area contributed by atoms with E-state index in [-0.39, 0.29) is 0 Å². The third kappa shape index (κ3) is 4.35. The molecule has 1 aromatic heterocycles. The molecule has 0 bridgehead atoms. The Hall–Kier alpha value is -6.70. The van der Waals surface area contributed by atoms with Gasteiger partial charge in [-0.25, -0.2) is 0 Å². The molecule has 1 heteroatoms. The molecule has 0 saturated heterocycles. The summed E-state index contributed by atoms with van der Waals surface area (Å²) in [7, 11) is 0. The van der Waals surface area contributed by atoms with E-state index in [9.17, 15) is 0 Å². The molecule has 0 fully saturated rings. The largest absolute Gasteiger partial charge is 0.455 e. The van der Waals surface area contributed by atoms with Gasteiger partial charge in [0.15, 0.2) is 0 Å². The van der Waals surface area contributed by atoms with E-state index in [4.69, 9.17) is 4.42 Å². The molecule has 0 amide bonds. The van der Waals surface area contributed by atoms with Gasteiger partial charge >= 0.3 is 0 Å². The van der Waals surface area contributed by atoms with Crippen molar-refractivity contribution in [2.75, 3.05) is 0 Å². The molecular weight excluding hydrogens is 617 g/mol. The van der Waals surface area contributed by atoms with Crippen LogP contribution in [-0.2, 0) is 0 Å². The number of hydrogen-bond acceptors (Lipinski definition) is 1. The van der Waals surface area contributed by atoms with Gasteiger partial charge in [0.25, 0.3) is 0 Å². The Labute approximate surface area is 294 Å². The van der Waals surface area contributed by atoms with Gasteiger partial charge in [0.1, 0.15) is 11.2 Å². The second-order valence-corrected chi connectivity index (χ2v) is 13.7. The van der Waals surface area contributed by atoms with Crippen molar-refractivity contribution in [2.45, 2.75) is 0 Å². The Morgan fingerprint density at radius 3 is 1.31 bits per heavy atom. The summed E-state index contributed by atoms with van der Waals surface area (Å²) in [5, 5.41) is 14.6. The fourth-order valence-electron chi connectivity index (χ4n) is 8.36. The van der Waals surface area contributed by atoms with E-state index < -0.39 is 0 Å². The zero-order chi connectivity index (χ0) is 33.5. The molecule has 51 heavy (non-hydrogen) atoms. The van der Waals surface area contributed by atoms with Crippen LogP contribution in [0.2, 0.25) is 0 Å². The highest BCUT2D eigenvalue weighted by molar-refractivity contribution is 6.23. The van der Waals surface area contributed by atoms with Crippen LogP contribution < -0.4 is 0 Å². The molecule has 11 rings (SSSR count). The van der Waals surface area contributed by atoms with Gasteiger partial charge in [-0.15, -0.1) is 0 Å². The minimum absolute atomic E-state index is 0.911. The van der Waals surface area contributed by atoms with Crippen LogP contribution in [0.15, 0.2) is 186 Å². The van der Waals surface area contributed by atoms with Gasteiger partial charge in [-0.3, -0.25) is 0 Å². The summed E-state index contributed by atoms with van der Waals surface area (Å²) in [6.45, 7) is 0. The molecule has 11 aromatic rings. The highest BCUT2D eigenvalue weighted by atomic mass is 16.3. The van der Waals surface area contributed by atoms with Gasteiger partial charge in [0.2, 0.25) is 0 Å². The summed E-state index contributed by atoms with van der Waals surface area (Å²) < 4.78 is 6.64. The molecule has 1 heterocycles. The van der Waals surface area contributed by atoms with Crippen LogP contribution >= 0.6 is 0 Å². The van der Waals surface area contributed by atoms with Crippen molar-refractivity contribution in [3.05, 3.63) is 182 Å². The summed E-state index contributed by atoms with van der Waals surface area (Å²) in [5.74, 6) is 0. The molecule has 0 atom stereocenters. The summed E-state index contributed by atoms with van der Waals surface area (Å²) in [6, 6.07) is 66.4. The van der Waals surface area contributed by atoms with Crippen molar-refractivity contribution < 1.29 is 4.42 Å². The standard InChI is InChI=1S/C50H30O/c1-2-11-33-27-34(18-17-31(33)9-1)35-19-20-37-29-38(22-21-36(37)28-35)48-42-13-5-7-15-44(42)49(45-16-8-6-14-43(45)48)39-24-25-41-46-26-23-32-10-3-4-12-40(32)50(46)51-47(41)30-39/h1-30H. The van der Waals surface area contributed by atoms with Crippen molar-refractivity contribution in [3.8, 4) is 33.4 Å². The smallest absolute Gasteiger partial charge is 0.143 e. The Bertz CT molecular complexity index is 3140. The van der Waals surface area contributed by atoms with Gasteiger partial charge in [-0.1, -0.05) is 146 Å². The monoisotopic (exact) mass is 646 g/mol. The predicted molar refractivity (Wildman–Crippen MR) is 218 cm³/mol. The number of benzene rings is 10. The number of fused-ring (bicyclic) bond motifs is 9. The fourth-order valence-corrected chi connectivity index (χ4v) is 8.36. The van der Waals surface area contributed by atoms with Gasteiger partial charge < -0.3 is 4.42 Å². The maximum atomic E-state index is 6.64. The van der Waals surface area contributed by atoms with E-state index in [0.29, 0.717) is 0 Å². The third-order valence-corrected chi connectivity index (χ3v) is 10.8. The Morgan fingerprint density at radius 1 is 0.255 bits per heavy atom. The Kier molecular flexibility index (Phi) is 6.02. The second kappa shape index (κ2) is 10.9. The number of rotatable bonds is 3. The predicted octanol–water partition coefficient (Wildman–Crippen LogP) is 14.4. The summed E-state index contributed by atoms with van der Waals surface area (Å²) in [5.41, 5.74) is 9.21. The molecule has 10 aromatic carbocycles. The van der Waals surface area contributed by atoms with Crippen LogP contribution in [-0.4, -0.2) is 0 Å². The lowest BCUT2D eigenvalue weighted by Crippen LogP contribution is -1.91. The van der Waals surface area contributed by atoms with Gasteiger partial charge in [0.05, 0.1) is 0 Å². The lowest BCUT2D eigenvalue weighted by Gasteiger charge is -2.18. The van der Waals surface area contributed by atoms with Crippen LogP contribution in [0.1, 0.15) is 0 Å². The molecule has 0 radical (unpaired) electrons. The van der Waals surface area contributed by atoms with Crippen LogP contribution in [0, 0.1) is 0 Å². The van der Waals surface area contributed by atoms with Crippen LogP contribution in [0.3, 0.4) is 0 Å². The maximum absolute atomic E-state index is 6.64. The van der Waals surface area contributed by atoms with E-state index in [0.717, 1.165) is 32.9 Å². The summed E-state index contributed by atoms with van der Waals surface area (Å²) >= 11 is 0. The second-order valence-electron chi connectivity index (χ2n) is 13.7. The zero-order valence-corrected chi connectivity index (χ0v) is 27.7. The first kappa shape index (κ1) is 28.2. The van der Waals surface area contributed by atoms with Gasteiger partial charge in [-0.2, -0.15) is 0 Å². The molecular formula is C50H30O. The van der Waals surface area contributed by atoms with Crippen LogP contribution in [0.5, 0.6) is 0 Å². The van der Waals surface area contributed by atoms with E-state index in [1.807, 2.05) is 0 Å². The topological polar surface area (TPSA) is 13.1 Å². The normalized spacial score (nSPS) is 11.9. The molecule has 236 valence electrons. The lowest BCUT2D eigenvalue weighted by atomic mass is 9.85. The van der Waals surface area contributed by atoms with Crippen LogP contribution in [0.25, 0.3) is 109 Å². The minimum Gasteiger partial charge on any atom is -0.455 e. The quantitative estimate of drug-likeness (QED) is 0.174. The van der Waals surface area contributed by atoms with E-state index in [2.05, 4.69) is 182 Å². The molecule has 0 aliphatic heterocycles. The molecule has 0 unspecified atom stereocenters. The van der Waals surface area contributed by atoms with E-state index in [1.165, 1.54) is 76.3 Å². The molecule has 0 spiro atoms. The van der Waals surface area contributed by atoms with Crippen molar-refractivity contribution in [3.63, 3.8) is 0 Å². The maximum Gasteiger partial charge on any atom is 0.143 e. The first-order valence-corrected chi connectivity index (χ1v) is 17.6. The average molecular weight is 647 g/mol. The molecule has 0 saturated carbocycles. The highest BCUT2D eigenvalue weighted by Crippen LogP contribution is 2.45. The Balaban J connectivity index is 1.08. The minimum atomic E-state index is 0.911. The molecule has 0 aliphatic carbocycles. The summed E-state index contributed by atoms with van der Waals surface area (Å²) in [6.07, 6.45) is 0. The Morgan fingerprint density at radius 2 is 0.667 bits per heavy atom. The highest BCUT2D eigenvalue weighted by Gasteiger charge is 2.18. The number of hydrogen-bond donors (Lipinski definition) is 0. The molecule has 0 aliphatic rings. The first-order valence-electron chi connectivity index (χ1n) is 17.6. The van der Waals surface area contributed by atoms with E-state index in [1.54, 1.807) is 0 Å². The van der Waals surface area contributed by atoms with Gasteiger partial charge in [0, 0.05) is 16.2 Å². The number of furan rings is 1. The SMILES string of the molecule is c1ccc2cc(-c3ccc4cc(-c5c6ccccc6c(-c6ccc7c(c6)oc6c8ccccc8ccc76)c6ccccc56)ccc4c3)ccc2c1. The van der Waals surface area contributed by atoms with Crippen LogP contribution in [0.4, 0.5) is 0 Å². The zero-order valence-electron chi connectivity index (χ0n) is 27.7. The fraction of sp³-hybridized carbons (Fsp3) is 0. The van der Waals surface area contributed by atoms with E-state index >= 15 is 0 Å². The summed E-state index contributed by atoms with van der Waals surface area (Å²) in [4.78, 5) is 0. The molecule has 0 N–H and O–H groups in total. The van der Waals surface area contributed by atoms with Crippen molar-refractivity contribution in [1.29, 1.82) is 0 Å². The molecule has 1 nitrogen and oxygen atoms in total. The third-order valence-electron chi connectivity index (χ3n) is 10.8. The van der Waals surface area contributed by atoms with Crippen molar-refractivity contribution >= 4 is 75.8 Å². The van der Waals surface area contributed by atoms with Crippen molar-refractivity contribution in [2.24, 2.45) is 0 Å². The van der Waals surface area contributed by atoms with Gasteiger partial charge in [-0.05, 0) is 118 Å². The lowest BCUT2D eigenvalue weighted by molar-refractivity contribution is 0.673. The average Bonchev–Trinajstić information content (AvgIpc) is 3.58.